The summed E-state index contributed by atoms with van der Waals surface area (Å²) < 4.78 is 13.1. The molecule has 1 heterocycles. The Morgan fingerprint density at radius 3 is 1.66 bits per heavy atom. The highest BCUT2D eigenvalue weighted by molar-refractivity contribution is 6.01. The van der Waals surface area contributed by atoms with E-state index < -0.39 is 17.4 Å². The van der Waals surface area contributed by atoms with Gasteiger partial charge in [-0.2, -0.15) is 0 Å². The van der Waals surface area contributed by atoms with Crippen molar-refractivity contribution >= 4 is 11.9 Å². The van der Waals surface area contributed by atoms with Crippen LogP contribution in [0.15, 0.2) is 95.8 Å². The molecule has 1 aliphatic carbocycles. The number of esters is 2. The minimum Gasteiger partial charge on any atom is -0.460 e. The predicted molar refractivity (Wildman–Crippen MR) is 144 cm³/mol. The first-order valence-corrected chi connectivity index (χ1v) is 12.6. The molecule has 0 saturated carbocycles. The molecule has 0 aliphatic heterocycles. The van der Waals surface area contributed by atoms with Crippen molar-refractivity contribution in [1.29, 1.82) is 0 Å². The average Bonchev–Trinajstić information content (AvgIpc) is 3.38. The van der Waals surface area contributed by atoms with Crippen LogP contribution in [0.1, 0.15) is 33.5 Å². The van der Waals surface area contributed by atoms with Gasteiger partial charge in [0, 0.05) is 29.8 Å². The second-order valence-corrected chi connectivity index (χ2v) is 9.70. The van der Waals surface area contributed by atoms with Crippen LogP contribution >= 0.6 is 0 Å². The lowest BCUT2D eigenvalue weighted by Gasteiger charge is -2.25. The van der Waals surface area contributed by atoms with Crippen LogP contribution in [0.25, 0.3) is 5.69 Å². The number of pyridine rings is 1. The molecule has 192 valence electrons. The normalized spacial score (nSPS) is 13.5. The number of carbonyl (C=O) groups is 2. The van der Waals surface area contributed by atoms with Gasteiger partial charge in [0.05, 0.1) is 0 Å². The third kappa shape index (κ3) is 4.65. The minimum absolute atomic E-state index is 0.0402. The van der Waals surface area contributed by atoms with E-state index in [9.17, 15) is 14.4 Å². The number of hydrogen-bond donors (Lipinski definition) is 0. The Balaban J connectivity index is 1.52. The van der Waals surface area contributed by atoms with Gasteiger partial charge in [0.15, 0.2) is 5.41 Å². The van der Waals surface area contributed by atoms with E-state index in [4.69, 9.17) is 9.47 Å². The van der Waals surface area contributed by atoms with Crippen molar-refractivity contribution in [1.82, 2.24) is 4.57 Å². The molecule has 0 N–H and O–H groups in total. The summed E-state index contributed by atoms with van der Waals surface area (Å²) in [6.45, 7) is 3.69. The zero-order valence-corrected chi connectivity index (χ0v) is 21.5. The number of aromatic nitrogens is 1. The Bertz CT molecular complexity index is 1470. The Labute approximate surface area is 221 Å². The van der Waals surface area contributed by atoms with Gasteiger partial charge < -0.3 is 9.47 Å². The third-order valence-electron chi connectivity index (χ3n) is 7.29. The van der Waals surface area contributed by atoms with Crippen LogP contribution in [0.5, 0.6) is 0 Å². The highest BCUT2D eigenvalue weighted by atomic mass is 16.6. The van der Waals surface area contributed by atoms with Crippen LogP contribution in [0.4, 0.5) is 0 Å². The molecule has 6 nitrogen and oxygen atoms in total. The van der Waals surface area contributed by atoms with E-state index >= 15 is 0 Å². The molecule has 0 unspecified atom stereocenters. The maximum absolute atomic E-state index is 13.7. The molecule has 38 heavy (non-hydrogen) atoms. The Kier molecular flexibility index (Phi) is 6.97. The zero-order valence-electron chi connectivity index (χ0n) is 21.5. The van der Waals surface area contributed by atoms with E-state index in [1.807, 2.05) is 97.9 Å². The number of carbonyl (C=O) groups excluding carboxylic acids is 2. The quantitative estimate of drug-likeness (QED) is 0.259. The molecule has 0 saturated heterocycles. The molecule has 6 heteroatoms. The van der Waals surface area contributed by atoms with Gasteiger partial charge in [-0.15, -0.1) is 0 Å². The second kappa shape index (κ2) is 10.5. The van der Waals surface area contributed by atoms with E-state index in [0.29, 0.717) is 16.8 Å². The minimum atomic E-state index is -1.58. The first-order valence-electron chi connectivity index (χ1n) is 12.6. The van der Waals surface area contributed by atoms with Gasteiger partial charge in [0.25, 0.3) is 5.56 Å². The molecule has 0 fully saturated rings. The molecule has 0 radical (unpaired) electrons. The van der Waals surface area contributed by atoms with Crippen LogP contribution in [-0.2, 0) is 45.1 Å². The van der Waals surface area contributed by atoms with E-state index in [1.165, 1.54) is 0 Å². The summed E-state index contributed by atoms with van der Waals surface area (Å²) in [6.07, 6.45) is 0.157. The van der Waals surface area contributed by atoms with Crippen molar-refractivity contribution in [2.45, 2.75) is 39.9 Å². The van der Waals surface area contributed by atoms with Gasteiger partial charge in [-0.05, 0) is 48.2 Å². The molecule has 0 spiro atoms. The zero-order chi connectivity index (χ0) is 26.7. The maximum atomic E-state index is 13.7. The summed E-state index contributed by atoms with van der Waals surface area (Å²) in [6, 6.07) is 28.0. The molecule has 1 aliphatic rings. The Morgan fingerprint density at radius 1 is 0.711 bits per heavy atom. The van der Waals surface area contributed by atoms with Gasteiger partial charge in [-0.1, -0.05) is 78.9 Å². The maximum Gasteiger partial charge on any atom is 0.324 e. The van der Waals surface area contributed by atoms with Crippen molar-refractivity contribution in [3.05, 3.63) is 135 Å². The molecule has 4 aromatic rings. The van der Waals surface area contributed by atoms with E-state index in [-0.39, 0.29) is 31.6 Å². The fourth-order valence-corrected chi connectivity index (χ4v) is 5.15. The number of para-hydroxylation sites is 1. The number of nitrogens with zero attached hydrogens (tertiary/aromatic N) is 1. The standard InChI is InChI=1S/C32H29NO5/c1-22-27-18-32(30(35)37-20-24-12-6-3-7-13-24,31(36)38-21-25-14-8-4-9-15-25)19-28(27)23(2)33(29(22)34)26-16-10-5-11-17-26/h3-17H,18-21H2,1-2H3. The molecular formula is C32H29NO5. The number of hydrogen-bond acceptors (Lipinski definition) is 5. The van der Waals surface area contributed by atoms with Gasteiger partial charge in [0.1, 0.15) is 13.2 Å². The largest absolute Gasteiger partial charge is 0.460 e. The summed E-state index contributed by atoms with van der Waals surface area (Å²) in [5.74, 6) is -1.29. The van der Waals surface area contributed by atoms with Gasteiger partial charge in [-0.3, -0.25) is 19.0 Å². The monoisotopic (exact) mass is 507 g/mol. The number of rotatable bonds is 7. The second-order valence-electron chi connectivity index (χ2n) is 9.70. The highest BCUT2D eigenvalue weighted by Crippen LogP contribution is 2.42. The van der Waals surface area contributed by atoms with Crippen molar-refractivity contribution in [3.8, 4) is 5.69 Å². The van der Waals surface area contributed by atoms with Gasteiger partial charge in [0.2, 0.25) is 0 Å². The first-order chi connectivity index (χ1) is 18.4. The Morgan fingerprint density at radius 2 is 1.16 bits per heavy atom. The van der Waals surface area contributed by atoms with E-state index in [0.717, 1.165) is 22.4 Å². The fourth-order valence-electron chi connectivity index (χ4n) is 5.15. The van der Waals surface area contributed by atoms with E-state index in [2.05, 4.69) is 0 Å². The summed E-state index contributed by atoms with van der Waals surface area (Å²) in [7, 11) is 0. The molecule has 0 bridgehead atoms. The molecular weight excluding hydrogens is 478 g/mol. The highest BCUT2D eigenvalue weighted by Gasteiger charge is 2.54. The number of fused-ring (bicyclic) bond motifs is 1. The lowest BCUT2D eigenvalue weighted by atomic mass is 9.84. The Hall–Kier alpha value is -4.45. The molecule has 5 rings (SSSR count). The SMILES string of the molecule is Cc1c2c(c(C)n(-c3ccccc3)c1=O)CC(C(=O)OCc1ccccc1)(C(=O)OCc1ccccc1)C2. The molecule has 0 atom stereocenters. The van der Waals surface area contributed by atoms with Crippen molar-refractivity contribution < 1.29 is 19.1 Å². The third-order valence-corrected chi connectivity index (χ3v) is 7.29. The van der Waals surface area contributed by atoms with Crippen molar-refractivity contribution in [3.63, 3.8) is 0 Å². The summed E-state index contributed by atoms with van der Waals surface area (Å²) in [5.41, 5.74) is 3.37. The van der Waals surface area contributed by atoms with Gasteiger partial charge >= 0.3 is 11.9 Å². The van der Waals surface area contributed by atoms with Crippen LogP contribution in [-0.4, -0.2) is 16.5 Å². The molecule has 3 aromatic carbocycles. The van der Waals surface area contributed by atoms with Crippen LogP contribution in [0, 0.1) is 19.3 Å². The van der Waals surface area contributed by atoms with Crippen molar-refractivity contribution in [2.24, 2.45) is 5.41 Å². The van der Waals surface area contributed by atoms with Crippen LogP contribution in [0.3, 0.4) is 0 Å². The fraction of sp³-hybridized carbons (Fsp3) is 0.219. The van der Waals surface area contributed by atoms with Crippen LogP contribution < -0.4 is 5.56 Å². The van der Waals surface area contributed by atoms with Crippen LogP contribution in [0.2, 0.25) is 0 Å². The summed E-state index contributed by atoms with van der Waals surface area (Å²) in [4.78, 5) is 40.9. The first kappa shape index (κ1) is 25.2. The van der Waals surface area contributed by atoms with Crippen molar-refractivity contribution in [2.75, 3.05) is 0 Å². The summed E-state index contributed by atoms with van der Waals surface area (Å²) >= 11 is 0. The molecule has 0 amide bonds. The number of benzene rings is 3. The summed E-state index contributed by atoms with van der Waals surface area (Å²) in [5, 5.41) is 0. The average molecular weight is 508 g/mol. The lowest BCUT2D eigenvalue weighted by Crippen LogP contribution is -2.43. The van der Waals surface area contributed by atoms with E-state index in [1.54, 1.807) is 11.5 Å². The molecule has 1 aromatic heterocycles. The van der Waals surface area contributed by atoms with Gasteiger partial charge in [-0.25, -0.2) is 0 Å². The smallest absolute Gasteiger partial charge is 0.324 e. The topological polar surface area (TPSA) is 74.6 Å². The number of ether oxygens (including phenoxy) is 2. The predicted octanol–water partition coefficient (Wildman–Crippen LogP) is 5.03. The lowest BCUT2D eigenvalue weighted by molar-refractivity contribution is -0.173.